The molecule has 0 fully saturated rings. The molecular formula is C11H16N4O5. The van der Waals surface area contributed by atoms with Gasteiger partial charge in [-0.2, -0.15) is 5.26 Å². The fourth-order valence-corrected chi connectivity index (χ4v) is 1.10. The normalized spacial score (nSPS) is 10.3. The number of nitriles is 1. The van der Waals surface area contributed by atoms with E-state index in [9.17, 15) is 14.4 Å². The molecule has 4 N–H and O–H groups in total. The number of hydrogen-bond donors (Lipinski definition) is 3. The standard InChI is InChI=1S/C11H16N4O5/c1-2-20-11(19)15(4-3-12)7-8(5-13)10(18)14-6-9(16)17/h7H,2-4,6,12H2,1H3,(H,14,18)(H,16,17)/b8-7-. The van der Waals surface area contributed by atoms with Crippen molar-refractivity contribution in [2.45, 2.75) is 6.92 Å². The van der Waals surface area contributed by atoms with Crippen molar-refractivity contribution in [3.63, 3.8) is 0 Å². The van der Waals surface area contributed by atoms with Gasteiger partial charge in [-0.05, 0) is 6.92 Å². The molecule has 0 aromatic heterocycles. The van der Waals surface area contributed by atoms with Gasteiger partial charge in [-0.25, -0.2) is 4.79 Å². The maximum atomic E-state index is 11.5. The highest BCUT2D eigenvalue weighted by atomic mass is 16.6. The minimum absolute atomic E-state index is 0.0518. The second-order valence-corrected chi connectivity index (χ2v) is 3.41. The summed E-state index contributed by atoms with van der Waals surface area (Å²) in [5.74, 6) is -2.15. The summed E-state index contributed by atoms with van der Waals surface area (Å²) in [6, 6.07) is 1.58. The lowest BCUT2D eigenvalue weighted by Gasteiger charge is -2.17. The molecule has 9 heteroatoms. The van der Waals surface area contributed by atoms with Crippen LogP contribution in [0.25, 0.3) is 0 Å². The average Bonchev–Trinajstić information content (AvgIpc) is 2.40. The lowest BCUT2D eigenvalue weighted by atomic mass is 10.3. The maximum Gasteiger partial charge on any atom is 0.413 e. The third-order valence-corrected chi connectivity index (χ3v) is 1.92. The van der Waals surface area contributed by atoms with Crippen molar-refractivity contribution in [3.05, 3.63) is 11.8 Å². The van der Waals surface area contributed by atoms with Gasteiger partial charge in [0, 0.05) is 19.3 Å². The minimum atomic E-state index is -1.25. The van der Waals surface area contributed by atoms with E-state index in [-0.39, 0.29) is 19.7 Å². The van der Waals surface area contributed by atoms with Crippen LogP contribution in [0.1, 0.15) is 6.92 Å². The van der Waals surface area contributed by atoms with E-state index >= 15 is 0 Å². The van der Waals surface area contributed by atoms with Crippen molar-refractivity contribution < 1.29 is 24.2 Å². The first-order valence-electron chi connectivity index (χ1n) is 5.71. The van der Waals surface area contributed by atoms with E-state index in [4.69, 9.17) is 20.8 Å². The zero-order valence-corrected chi connectivity index (χ0v) is 11.0. The van der Waals surface area contributed by atoms with Crippen molar-refractivity contribution in [3.8, 4) is 6.07 Å². The summed E-state index contributed by atoms with van der Waals surface area (Å²) in [6.07, 6.45) is 0.221. The molecule has 0 unspecified atom stereocenters. The smallest absolute Gasteiger partial charge is 0.413 e. The minimum Gasteiger partial charge on any atom is -0.480 e. The number of hydrogen-bond acceptors (Lipinski definition) is 6. The first kappa shape index (κ1) is 17.4. The number of carbonyl (C=O) groups excluding carboxylic acids is 2. The molecule has 0 aliphatic carbocycles. The Bertz CT molecular complexity index is 441. The highest BCUT2D eigenvalue weighted by molar-refractivity contribution is 5.98. The highest BCUT2D eigenvalue weighted by Gasteiger charge is 2.16. The van der Waals surface area contributed by atoms with Gasteiger partial charge in [0.05, 0.1) is 6.61 Å². The molecule has 0 aliphatic heterocycles. The fourth-order valence-electron chi connectivity index (χ4n) is 1.10. The van der Waals surface area contributed by atoms with Crippen LogP contribution in [0.3, 0.4) is 0 Å². The zero-order valence-electron chi connectivity index (χ0n) is 11.0. The van der Waals surface area contributed by atoms with Crippen LogP contribution in [0.5, 0.6) is 0 Å². The molecule has 0 aromatic rings. The number of nitrogens with two attached hydrogens (primary N) is 1. The second kappa shape index (κ2) is 9.35. The number of aliphatic carboxylic acids is 1. The number of rotatable bonds is 7. The lowest BCUT2D eigenvalue weighted by molar-refractivity contribution is -0.137. The van der Waals surface area contributed by atoms with Gasteiger partial charge in [0.25, 0.3) is 5.91 Å². The lowest BCUT2D eigenvalue weighted by Crippen LogP contribution is -2.34. The third kappa shape index (κ3) is 6.36. The number of nitrogens with zero attached hydrogens (tertiary/aromatic N) is 2. The van der Waals surface area contributed by atoms with Crippen LogP contribution in [-0.2, 0) is 14.3 Å². The fraction of sp³-hybridized carbons (Fsp3) is 0.455. The summed E-state index contributed by atoms with van der Waals surface area (Å²) in [6.45, 7) is 1.25. The van der Waals surface area contributed by atoms with Gasteiger partial charge in [-0.1, -0.05) is 0 Å². The van der Waals surface area contributed by atoms with E-state index in [1.807, 2.05) is 5.32 Å². The van der Waals surface area contributed by atoms with Crippen LogP contribution in [0.4, 0.5) is 4.79 Å². The van der Waals surface area contributed by atoms with Crippen LogP contribution >= 0.6 is 0 Å². The number of amides is 2. The Balaban J connectivity index is 4.96. The number of carboxylic acid groups (broad SMARTS) is 1. The van der Waals surface area contributed by atoms with Crippen LogP contribution in [-0.4, -0.2) is 54.2 Å². The van der Waals surface area contributed by atoms with Crippen molar-refractivity contribution in [1.29, 1.82) is 5.26 Å². The first-order chi connectivity index (χ1) is 9.46. The molecular weight excluding hydrogens is 268 g/mol. The van der Waals surface area contributed by atoms with E-state index < -0.39 is 30.1 Å². The average molecular weight is 284 g/mol. The van der Waals surface area contributed by atoms with E-state index in [0.29, 0.717) is 0 Å². The van der Waals surface area contributed by atoms with Crippen LogP contribution < -0.4 is 11.1 Å². The van der Waals surface area contributed by atoms with Crippen LogP contribution in [0.2, 0.25) is 0 Å². The molecule has 0 radical (unpaired) electrons. The highest BCUT2D eigenvalue weighted by Crippen LogP contribution is 2.01. The molecule has 0 spiro atoms. The van der Waals surface area contributed by atoms with Gasteiger partial charge in [0.15, 0.2) is 0 Å². The number of carboxylic acids is 1. The Hall–Kier alpha value is -2.60. The van der Waals surface area contributed by atoms with E-state index in [1.165, 1.54) is 0 Å². The predicted molar refractivity (Wildman–Crippen MR) is 67.1 cm³/mol. The zero-order chi connectivity index (χ0) is 15.5. The molecule has 2 amide bonds. The van der Waals surface area contributed by atoms with Gasteiger partial charge in [-0.15, -0.1) is 0 Å². The molecule has 0 aliphatic rings. The summed E-state index contributed by atoms with van der Waals surface area (Å²) in [5, 5.41) is 19.3. The van der Waals surface area contributed by atoms with E-state index in [1.54, 1.807) is 13.0 Å². The molecule has 0 aromatic carbocycles. The number of ether oxygens (including phenoxy) is 1. The van der Waals surface area contributed by atoms with Gasteiger partial charge in [0.1, 0.15) is 18.2 Å². The SMILES string of the molecule is CCOC(=O)N(/C=C(/C#N)C(=O)NCC(=O)O)CCN. The Labute approximate surface area is 115 Å². The second-order valence-electron chi connectivity index (χ2n) is 3.41. The van der Waals surface area contributed by atoms with E-state index in [0.717, 1.165) is 11.1 Å². The van der Waals surface area contributed by atoms with Gasteiger partial charge < -0.3 is 20.9 Å². The molecule has 0 saturated carbocycles. The van der Waals surface area contributed by atoms with Gasteiger partial charge in [-0.3, -0.25) is 14.5 Å². The van der Waals surface area contributed by atoms with Crippen molar-refractivity contribution in [1.82, 2.24) is 10.2 Å². The van der Waals surface area contributed by atoms with Gasteiger partial charge in [0.2, 0.25) is 0 Å². The largest absolute Gasteiger partial charge is 0.480 e. The molecule has 0 atom stereocenters. The quantitative estimate of drug-likeness (QED) is 0.402. The molecule has 110 valence electrons. The van der Waals surface area contributed by atoms with Crippen molar-refractivity contribution in [2.24, 2.45) is 5.73 Å². The monoisotopic (exact) mass is 284 g/mol. The Kier molecular flexibility index (Phi) is 8.13. The summed E-state index contributed by atoms with van der Waals surface area (Å²) in [4.78, 5) is 34.4. The van der Waals surface area contributed by atoms with Crippen molar-refractivity contribution in [2.75, 3.05) is 26.2 Å². The molecule has 0 saturated heterocycles. The molecule has 0 bridgehead atoms. The van der Waals surface area contributed by atoms with Crippen LogP contribution in [0, 0.1) is 11.3 Å². The summed E-state index contributed by atoms with van der Waals surface area (Å²) >= 11 is 0. The third-order valence-electron chi connectivity index (χ3n) is 1.92. The molecule has 0 rings (SSSR count). The molecule has 9 nitrogen and oxygen atoms in total. The Morgan fingerprint density at radius 3 is 2.60 bits per heavy atom. The number of carbonyl (C=O) groups is 3. The van der Waals surface area contributed by atoms with E-state index in [2.05, 4.69) is 0 Å². The van der Waals surface area contributed by atoms with Gasteiger partial charge >= 0.3 is 12.1 Å². The summed E-state index contributed by atoms with van der Waals surface area (Å²) in [5.41, 5.74) is 4.89. The predicted octanol–water partition coefficient (Wildman–Crippen LogP) is -0.988. The first-order valence-corrected chi connectivity index (χ1v) is 5.71. The maximum absolute atomic E-state index is 11.5. The number of nitrogens with one attached hydrogen (secondary N) is 1. The summed E-state index contributed by atoms with van der Waals surface area (Å²) < 4.78 is 4.73. The van der Waals surface area contributed by atoms with Crippen molar-refractivity contribution >= 4 is 18.0 Å². The Morgan fingerprint density at radius 1 is 1.50 bits per heavy atom. The summed E-state index contributed by atoms with van der Waals surface area (Å²) in [7, 11) is 0. The molecule has 20 heavy (non-hydrogen) atoms. The topological polar surface area (TPSA) is 146 Å². The Morgan fingerprint density at radius 2 is 2.15 bits per heavy atom. The van der Waals surface area contributed by atoms with Crippen LogP contribution in [0.15, 0.2) is 11.8 Å². The molecule has 0 heterocycles.